The lowest BCUT2D eigenvalue weighted by molar-refractivity contribution is 0.0516. The summed E-state index contributed by atoms with van der Waals surface area (Å²) in [7, 11) is 3.30. The van der Waals surface area contributed by atoms with Crippen molar-refractivity contribution in [3.05, 3.63) is 65.9 Å². The standard InChI is InChI=1S/C31H31N3O5S/c1-4-38-31(35)30-29(19-13-14-23-24(15-19)33-40-32-23)22-16-27(37-3)28(39-21-10-6-7-11-21)17-25(22)34(30)18-20-9-5-8-12-26(20)36-2/h5,8-9,12-17,21H,4,6-7,10-11,18H2,1-3H3. The molecule has 1 saturated carbocycles. The van der Waals surface area contributed by atoms with Crippen molar-refractivity contribution in [2.75, 3.05) is 20.8 Å². The molecule has 2 aromatic heterocycles. The minimum atomic E-state index is -0.405. The van der Waals surface area contributed by atoms with Crippen LogP contribution in [0.5, 0.6) is 17.2 Å². The minimum absolute atomic E-state index is 0.146. The third-order valence-corrected chi connectivity index (χ3v) is 8.03. The van der Waals surface area contributed by atoms with Crippen molar-refractivity contribution in [3.63, 3.8) is 0 Å². The fourth-order valence-corrected chi connectivity index (χ4v) is 6.12. The highest BCUT2D eigenvalue weighted by molar-refractivity contribution is 7.00. The lowest BCUT2D eigenvalue weighted by Crippen LogP contribution is -2.15. The van der Waals surface area contributed by atoms with Crippen LogP contribution in [-0.2, 0) is 11.3 Å². The lowest BCUT2D eigenvalue weighted by atomic mass is 10.0. The Morgan fingerprint density at radius 2 is 1.73 bits per heavy atom. The van der Waals surface area contributed by atoms with E-state index in [1.807, 2.05) is 66.1 Å². The molecule has 0 spiro atoms. The van der Waals surface area contributed by atoms with E-state index < -0.39 is 5.97 Å². The van der Waals surface area contributed by atoms with Crippen molar-refractivity contribution < 1.29 is 23.7 Å². The van der Waals surface area contributed by atoms with Crippen LogP contribution in [0.25, 0.3) is 33.1 Å². The van der Waals surface area contributed by atoms with Crippen LogP contribution in [0.2, 0.25) is 0 Å². The Labute approximate surface area is 236 Å². The van der Waals surface area contributed by atoms with Gasteiger partial charge in [0.05, 0.1) is 50.7 Å². The zero-order valence-electron chi connectivity index (χ0n) is 22.8. The second kappa shape index (κ2) is 11.2. The van der Waals surface area contributed by atoms with Gasteiger partial charge in [-0.05, 0) is 62.4 Å². The van der Waals surface area contributed by atoms with Gasteiger partial charge in [0.15, 0.2) is 11.5 Å². The summed E-state index contributed by atoms with van der Waals surface area (Å²) in [4.78, 5) is 13.7. The molecule has 0 unspecified atom stereocenters. The fourth-order valence-electron chi connectivity index (χ4n) is 5.60. The number of nitrogens with zero attached hydrogens (tertiary/aromatic N) is 3. The van der Waals surface area contributed by atoms with Crippen molar-refractivity contribution in [2.45, 2.75) is 45.3 Å². The first-order chi connectivity index (χ1) is 19.6. The number of benzene rings is 3. The molecule has 1 fully saturated rings. The molecule has 1 aliphatic carbocycles. The fraction of sp³-hybridized carbons (Fsp3) is 0.323. The molecule has 1 aliphatic rings. The maximum absolute atomic E-state index is 13.7. The second-order valence-corrected chi connectivity index (χ2v) is 10.4. The highest BCUT2D eigenvalue weighted by atomic mass is 32.1. The predicted octanol–water partition coefficient (Wildman–Crippen LogP) is 6.88. The molecule has 6 rings (SSSR count). The zero-order chi connectivity index (χ0) is 27.6. The van der Waals surface area contributed by atoms with E-state index in [1.165, 1.54) is 11.7 Å². The second-order valence-electron chi connectivity index (χ2n) is 9.85. The van der Waals surface area contributed by atoms with E-state index in [0.29, 0.717) is 23.7 Å². The largest absolute Gasteiger partial charge is 0.496 e. The van der Waals surface area contributed by atoms with Crippen molar-refractivity contribution in [1.29, 1.82) is 0 Å². The van der Waals surface area contributed by atoms with E-state index in [4.69, 9.17) is 18.9 Å². The number of rotatable bonds is 9. The Hall–Kier alpha value is -4.11. The van der Waals surface area contributed by atoms with Crippen LogP contribution in [-0.4, -0.2) is 46.2 Å². The van der Waals surface area contributed by atoms with Crippen LogP contribution in [0.1, 0.15) is 48.7 Å². The Kier molecular flexibility index (Phi) is 7.30. The molecule has 0 radical (unpaired) electrons. The van der Waals surface area contributed by atoms with Gasteiger partial charge in [0.2, 0.25) is 0 Å². The smallest absolute Gasteiger partial charge is 0.355 e. The van der Waals surface area contributed by atoms with E-state index >= 15 is 0 Å². The van der Waals surface area contributed by atoms with Gasteiger partial charge in [0.25, 0.3) is 0 Å². The van der Waals surface area contributed by atoms with Gasteiger partial charge < -0.3 is 23.5 Å². The molecular formula is C31H31N3O5S. The van der Waals surface area contributed by atoms with E-state index in [1.54, 1.807) is 14.2 Å². The molecule has 0 amide bonds. The molecule has 2 heterocycles. The van der Waals surface area contributed by atoms with E-state index in [9.17, 15) is 4.79 Å². The van der Waals surface area contributed by atoms with E-state index in [0.717, 1.165) is 70.1 Å². The lowest BCUT2D eigenvalue weighted by Gasteiger charge is -2.17. The SMILES string of the molecule is CCOC(=O)c1c(-c2ccc3nsnc3c2)c2cc(OC)c(OC3CCCC3)cc2n1Cc1ccccc1OC. The normalized spacial score (nSPS) is 13.7. The van der Waals surface area contributed by atoms with Crippen LogP contribution in [0.15, 0.2) is 54.6 Å². The van der Waals surface area contributed by atoms with Gasteiger partial charge in [-0.3, -0.25) is 0 Å². The van der Waals surface area contributed by atoms with Gasteiger partial charge in [0.1, 0.15) is 22.5 Å². The van der Waals surface area contributed by atoms with Gasteiger partial charge >= 0.3 is 5.97 Å². The summed E-state index contributed by atoms with van der Waals surface area (Å²) in [5.41, 5.74) is 5.42. The molecule has 0 atom stereocenters. The first-order valence-corrected chi connectivity index (χ1v) is 14.3. The molecule has 8 nitrogen and oxygen atoms in total. The van der Waals surface area contributed by atoms with Crippen LogP contribution in [0, 0.1) is 0 Å². The summed E-state index contributed by atoms with van der Waals surface area (Å²) in [6.07, 6.45) is 4.50. The summed E-state index contributed by atoms with van der Waals surface area (Å²) in [5.74, 6) is 1.63. The zero-order valence-corrected chi connectivity index (χ0v) is 23.6. The first-order valence-electron chi connectivity index (χ1n) is 13.5. The molecule has 5 aromatic rings. The Morgan fingerprint density at radius 3 is 2.50 bits per heavy atom. The van der Waals surface area contributed by atoms with Gasteiger partial charge in [0, 0.05) is 22.6 Å². The third kappa shape index (κ3) is 4.75. The number of hydrogen-bond acceptors (Lipinski definition) is 8. The highest BCUT2D eigenvalue weighted by Gasteiger charge is 2.28. The van der Waals surface area contributed by atoms with E-state index in [2.05, 4.69) is 8.75 Å². The monoisotopic (exact) mass is 557 g/mol. The Balaban J connectivity index is 1.64. The number of aromatic nitrogens is 3. The number of methoxy groups -OCH3 is 2. The summed E-state index contributed by atoms with van der Waals surface area (Å²) < 4.78 is 34.4. The van der Waals surface area contributed by atoms with E-state index in [-0.39, 0.29) is 12.7 Å². The topological polar surface area (TPSA) is 84.7 Å². The molecule has 0 aliphatic heterocycles. The van der Waals surface area contributed by atoms with Crippen LogP contribution >= 0.6 is 11.7 Å². The number of hydrogen-bond donors (Lipinski definition) is 0. The van der Waals surface area contributed by atoms with Crippen molar-refractivity contribution in [1.82, 2.24) is 13.3 Å². The number of carbonyl (C=O) groups is 1. The third-order valence-electron chi connectivity index (χ3n) is 7.48. The minimum Gasteiger partial charge on any atom is -0.496 e. The van der Waals surface area contributed by atoms with Gasteiger partial charge in [-0.2, -0.15) is 8.75 Å². The number of para-hydroxylation sites is 1. The molecule has 3 aromatic carbocycles. The quantitative estimate of drug-likeness (QED) is 0.183. The predicted molar refractivity (Wildman–Crippen MR) is 156 cm³/mol. The Bertz CT molecular complexity index is 1690. The van der Waals surface area contributed by atoms with Gasteiger partial charge in [-0.25, -0.2) is 4.79 Å². The number of carbonyl (C=O) groups excluding carboxylic acids is 1. The van der Waals surface area contributed by atoms with Gasteiger partial charge in [-0.15, -0.1) is 0 Å². The number of esters is 1. The average molecular weight is 558 g/mol. The van der Waals surface area contributed by atoms with Crippen LogP contribution in [0.4, 0.5) is 0 Å². The van der Waals surface area contributed by atoms with Crippen molar-refractivity contribution >= 4 is 39.6 Å². The molecule has 9 heteroatoms. The van der Waals surface area contributed by atoms with Crippen LogP contribution in [0.3, 0.4) is 0 Å². The van der Waals surface area contributed by atoms with Crippen LogP contribution < -0.4 is 14.2 Å². The summed E-state index contributed by atoms with van der Waals surface area (Å²) >= 11 is 1.17. The van der Waals surface area contributed by atoms with Crippen molar-refractivity contribution in [2.24, 2.45) is 0 Å². The maximum Gasteiger partial charge on any atom is 0.355 e. The maximum atomic E-state index is 13.7. The molecule has 0 bridgehead atoms. The molecule has 0 saturated heterocycles. The molecular weight excluding hydrogens is 526 g/mol. The molecule has 40 heavy (non-hydrogen) atoms. The highest BCUT2D eigenvalue weighted by Crippen LogP contribution is 2.43. The Morgan fingerprint density at radius 1 is 0.950 bits per heavy atom. The van der Waals surface area contributed by atoms with Crippen molar-refractivity contribution in [3.8, 4) is 28.4 Å². The average Bonchev–Trinajstić information content (AvgIpc) is 3.72. The molecule has 0 N–H and O–H groups in total. The summed E-state index contributed by atoms with van der Waals surface area (Å²) in [6.45, 7) is 2.46. The number of ether oxygens (including phenoxy) is 4. The summed E-state index contributed by atoms with van der Waals surface area (Å²) in [5, 5.41) is 0.858. The van der Waals surface area contributed by atoms with Gasteiger partial charge in [-0.1, -0.05) is 24.3 Å². The number of fused-ring (bicyclic) bond motifs is 2. The first kappa shape index (κ1) is 26.1. The molecule has 206 valence electrons. The summed E-state index contributed by atoms with van der Waals surface area (Å²) in [6, 6.07) is 17.7.